The summed E-state index contributed by atoms with van der Waals surface area (Å²) < 4.78 is 8.79. The zero-order valence-electron chi connectivity index (χ0n) is 39.6. The van der Waals surface area contributed by atoms with E-state index < -0.39 is 5.41 Å². The second-order valence-electron chi connectivity index (χ2n) is 18.5. The highest BCUT2D eigenvalue weighted by Crippen LogP contribution is 2.58. The molecule has 1 unspecified atom stereocenters. The highest BCUT2D eigenvalue weighted by molar-refractivity contribution is 6.10. The van der Waals surface area contributed by atoms with Crippen LogP contribution in [0.15, 0.2) is 280 Å². The Morgan fingerprint density at radius 2 is 0.958 bits per heavy atom. The molecule has 0 radical (unpaired) electrons. The zero-order chi connectivity index (χ0) is 48.0. The van der Waals surface area contributed by atoms with Crippen molar-refractivity contribution in [1.82, 2.24) is 4.57 Å². The topological polar surface area (TPSA) is 17.4 Å². The third-order valence-electron chi connectivity index (χ3n) is 14.5. The van der Waals surface area contributed by atoms with Gasteiger partial charge >= 0.3 is 0 Å². The first-order valence-corrected chi connectivity index (χ1v) is 24.6. The molecule has 0 fully saturated rings. The fourth-order valence-corrected chi connectivity index (χ4v) is 11.2. The van der Waals surface area contributed by atoms with Crippen LogP contribution in [-0.4, -0.2) is 4.57 Å². The molecule has 13 rings (SSSR count). The van der Waals surface area contributed by atoms with Crippen LogP contribution in [0.2, 0.25) is 0 Å². The molecule has 72 heavy (non-hydrogen) atoms. The molecule has 0 spiro atoms. The zero-order valence-corrected chi connectivity index (χ0v) is 39.6. The van der Waals surface area contributed by atoms with Gasteiger partial charge in [-0.25, -0.2) is 0 Å². The summed E-state index contributed by atoms with van der Waals surface area (Å²) in [4.78, 5) is 2.44. The van der Waals surface area contributed by atoms with Crippen molar-refractivity contribution < 1.29 is 4.74 Å². The maximum absolute atomic E-state index is 6.42. The fraction of sp³-hybridized carbons (Fsp3) is 0.0145. The first kappa shape index (κ1) is 42.6. The van der Waals surface area contributed by atoms with Crippen molar-refractivity contribution in [2.24, 2.45) is 0 Å². The summed E-state index contributed by atoms with van der Waals surface area (Å²) in [5, 5.41) is 2.47. The van der Waals surface area contributed by atoms with Gasteiger partial charge in [0.05, 0.1) is 22.1 Å². The SMILES string of the molecule is C=Cc1ccc(Oc2ccc(C3(c4ccccc4)c4ccccc4-c4ccc(N(c5ccc(-c6ccc7c(c6)c6ccccc6n7-c6ccccc6)cc5)c5ccccc5-c5ccccc5)cc43)cc2)cc1. The van der Waals surface area contributed by atoms with Crippen LogP contribution in [0.25, 0.3) is 66.9 Å². The van der Waals surface area contributed by atoms with Crippen LogP contribution in [-0.2, 0) is 5.41 Å². The predicted molar refractivity (Wildman–Crippen MR) is 300 cm³/mol. The molecule has 12 aromatic rings. The van der Waals surface area contributed by atoms with Crippen molar-refractivity contribution in [1.29, 1.82) is 0 Å². The smallest absolute Gasteiger partial charge is 0.127 e. The molecule has 1 aliphatic rings. The lowest BCUT2D eigenvalue weighted by Gasteiger charge is -2.35. The van der Waals surface area contributed by atoms with Gasteiger partial charge in [0, 0.05) is 33.4 Å². The maximum atomic E-state index is 6.42. The van der Waals surface area contributed by atoms with Crippen molar-refractivity contribution in [2.45, 2.75) is 5.41 Å². The second kappa shape index (κ2) is 17.8. The van der Waals surface area contributed by atoms with Crippen molar-refractivity contribution >= 4 is 44.9 Å². The Labute approximate surface area is 420 Å². The van der Waals surface area contributed by atoms with Gasteiger partial charge in [0.25, 0.3) is 0 Å². The summed E-state index contributed by atoms with van der Waals surface area (Å²) in [6.07, 6.45) is 1.84. The lowest BCUT2D eigenvalue weighted by atomic mass is 9.67. The van der Waals surface area contributed by atoms with E-state index in [2.05, 4.69) is 265 Å². The van der Waals surface area contributed by atoms with Gasteiger partial charge in [-0.15, -0.1) is 0 Å². The molecule has 1 heterocycles. The van der Waals surface area contributed by atoms with E-state index in [4.69, 9.17) is 4.74 Å². The average molecular weight is 921 g/mol. The monoisotopic (exact) mass is 920 g/mol. The highest BCUT2D eigenvalue weighted by Gasteiger charge is 2.46. The van der Waals surface area contributed by atoms with Crippen LogP contribution in [0.5, 0.6) is 11.5 Å². The number of ether oxygens (including phenoxy) is 1. The van der Waals surface area contributed by atoms with Crippen LogP contribution < -0.4 is 9.64 Å². The molecule has 0 amide bonds. The van der Waals surface area contributed by atoms with Gasteiger partial charge in [-0.3, -0.25) is 0 Å². The van der Waals surface area contributed by atoms with Gasteiger partial charge in [-0.2, -0.15) is 0 Å². The molecule has 3 nitrogen and oxygen atoms in total. The largest absolute Gasteiger partial charge is 0.457 e. The Kier molecular flexibility index (Phi) is 10.6. The molecule has 11 aromatic carbocycles. The number of nitrogens with zero attached hydrogens (tertiary/aromatic N) is 2. The first-order valence-electron chi connectivity index (χ1n) is 24.6. The van der Waals surface area contributed by atoms with Gasteiger partial charge in [0.2, 0.25) is 0 Å². The van der Waals surface area contributed by atoms with E-state index in [-0.39, 0.29) is 0 Å². The summed E-state index contributed by atoms with van der Waals surface area (Å²) in [6, 6.07) is 98.6. The summed E-state index contributed by atoms with van der Waals surface area (Å²) >= 11 is 0. The summed E-state index contributed by atoms with van der Waals surface area (Å²) in [6.45, 7) is 3.91. The molecule has 0 saturated heterocycles. The van der Waals surface area contributed by atoms with E-state index in [0.29, 0.717) is 0 Å². The van der Waals surface area contributed by atoms with E-state index in [1.807, 2.05) is 30.3 Å². The number of hydrogen-bond donors (Lipinski definition) is 0. The Hall–Kier alpha value is -9.44. The van der Waals surface area contributed by atoms with E-state index in [1.54, 1.807) is 0 Å². The minimum Gasteiger partial charge on any atom is -0.457 e. The number of para-hydroxylation sites is 3. The van der Waals surface area contributed by atoms with Gasteiger partial charge in [-0.05, 0) is 141 Å². The van der Waals surface area contributed by atoms with Crippen molar-refractivity contribution in [2.75, 3.05) is 4.90 Å². The lowest BCUT2D eigenvalue weighted by Crippen LogP contribution is -2.28. The maximum Gasteiger partial charge on any atom is 0.127 e. The summed E-state index contributed by atoms with van der Waals surface area (Å²) in [5.74, 6) is 1.56. The number of rotatable bonds is 11. The van der Waals surface area contributed by atoms with Crippen molar-refractivity contribution in [3.63, 3.8) is 0 Å². The summed E-state index contributed by atoms with van der Waals surface area (Å²) in [5.41, 5.74) is 19.1. The third-order valence-corrected chi connectivity index (χ3v) is 14.5. The number of fused-ring (bicyclic) bond motifs is 6. The Morgan fingerprint density at radius 3 is 1.71 bits per heavy atom. The number of hydrogen-bond acceptors (Lipinski definition) is 2. The molecule has 0 N–H and O–H groups in total. The van der Waals surface area contributed by atoms with Crippen molar-refractivity contribution in [3.8, 4) is 50.6 Å². The van der Waals surface area contributed by atoms with Crippen molar-refractivity contribution in [3.05, 3.63) is 307 Å². The average Bonchev–Trinajstić information content (AvgIpc) is 3.95. The number of benzene rings is 11. The van der Waals surface area contributed by atoms with E-state index in [1.165, 1.54) is 55.2 Å². The lowest BCUT2D eigenvalue weighted by molar-refractivity contribution is 0.482. The number of aromatic nitrogens is 1. The molecule has 0 saturated carbocycles. The molecule has 3 heteroatoms. The van der Waals surface area contributed by atoms with E-state index in [0.717, 1.165) is 62.1 Å². The number of anilines is 3. The molecular formula is C69H48N2O. The van der Waals surface area contributed by atoms with Crippen LogP contribution in [0.1, 0.15) is 27.8 Å². The van der Waals surface area contributed by atoms with Gasteiger partial charge < -0.3 is 14.2 Å². The molecular weight excluding hydrogens is 873 g/mol. The molecule has 1 aromatic heterocycles. The molecule has 1 aliphatic carbocycles. The quantitative estimate of drug-likeness (QED) is 0.129. The predicted octanol–water partition coefficient (Wildman–Crippen LogP) is 18.4. The van der Waals surface area contributed by atoms with Crippen LogP contribution in [0.4, 0.5) is 17.1 Å². The minimum absolute atomic E-state index is 0.635. The van der Waals surface area contributed by atoms with Gasteiger partial charge in [-0.1, -0.05) is 201 Å². The van der Waals surface area contributed by atoms with Gasteiger partial charge in [0.15, 0.2) is 0 Å². The normalized spacial score (nSPS) is 13.7. The molecule has 1 atom stereocenters. The molecule has 340 valence electrons. The molecule has 0 bridgehead atoms. The van der Waals surface area contributed by atoms with Crippen LogP contribution in [0.3, 0.4) is 0 Å². The summed E-state index contributed by atoms with van der Waals surface area (Å²) in [7, 11) is 0. The minimum atomic E-state index is -0.635. The van der Waals surface area contributed by atoms with Crippen LogP contribution >= 0.6 is 0 Å². The van der Waals surface area contributed by atoms with Gasteiger partial charge in [0.1, 0.15) is 11.5 Å². The Morgan fingerprint density at radius 1 is 0.389 bits per heavy atom. The standard InChI is InChI=1S/C69H48N2O/c1-2-48-30-40-57(41-31-48)72-58-42-35-53(36-43-58)69(52-20-8-4-9-21-52)64-27-15-12-25-60(64)61-44-39-56(47-65(61)69)70(66-28-16-13-24-59(66)50-18-6-3-7-19-50)55-37-32-49(33-38-55)51-34-45-68-63(46-51)62-26-14-17-29-67(62)71(68)54-22-10-5-11-23-54/h2-47H,1H2. The third kappa shape index (κ3) is 7.13. The highest BCUT2D eigenvalue weighted by atomic mass is 16.5. The van der Waals surface area contributed by atoms with E-state index in [9.17, 15) is 0 Å². The Balaban J connectivity index is 0.967. The first-order chi connectivity index (χ1) is 35.7. The van der Waals surface area contributed by atoms with E-state index >= 15 is 0 Å². The fourth-order valence-electron chi connectivity index (χ4n) is 11.2. The molecule has 0 aliphatic heterocycles. The van der Waals surface area contributed by atoms with Crippen LogP contribution in [0, 0.1) is 0 Å². The Bertz CT molecular complexity index is 3930. The second-order valence-corrected chi connectivity index (χ2v) is 18.5.